The van der Waals surface area contributed by atoms with Crippen molar-refractivity contribution in [1.29, 1.82) is 0 Å². The number of rotatable bonds is 1. The van der Waals surface area contributed by atoms with E-state index in [9.17, 15) is 0 Å². The third kappa shape index (κ3) is 6.99. The molecule has 5 rings (SSSR count). The highest BCUT2D eigenvalue weighted by atomic mass is 35.5. The van der Waals surface area contributed by atoms with Crippen molar-refractivity contribution in [3.8, 4) is 0 Å². The van der Waals surface area contributed by atoms with E-state index in [4.69, 9.17) is 11.6 Å². The van der Waals surface area contributed by atoms with Crippen LogP contribution in [0, 0.1) is 0 Å². The number of piperidine rings is 1. The number of likely N-dealkylation sites (N-methyl/N-ethyl adjacent to an activating group) is 1. The van der Waals surface area contributed by atoms with Crippen LogP contribution in [0.4, 0.5) is 5.82 Å². The number of aromatic nitrogens is 3. The van der Waals surface area contributed by atoms with Crippen LogP contribution in [-0.2, 0) is 0 Å². The van der Waals surface area contributed by atoms with Gasteiger partial charge in [0.1, 0.15) is 11.5 Å². The fraction of sp³-hybridized carbons (Fsp3) is 0.455. The van der Waals surface area contributed by atoms with Gasteiger partial charge in [0, 0.05) is 51.0 Å². The smallest absolute Gasteiger partial charge is 0.138 e. The molecule has 0 amide bonds. The van der Waals surface area contributed by atoms with Gasteiger partial charge in [0.15, 0.2) is 0 Å². The molecule has 3 aromatic rings. The van der Waals surface area contributed by atoms with Crippen molar-refractivity contribution in [2.24, 2.45) is 0 Å². The Morgan fingerprint density at radius 3 is 2.28 bits per heavy atom. The summed E-state index contributed by atoms with van der Waals surface area (Å²) in [5.74, 6) is 1.25. The molecule has 0 spiro atoms. The van der Waals surface area contributed by atoms with Crippen molar-refractivity contribution in [2.45, 2.75) is 19.3 Å². The van der Waals surface area contributed by atoms with Crippen molar-refractivity contribution in [2.75, 3.05) is 51.2 Å². The molecule has 0 aromatic carbocycles. The van der Waals surface area contributed by atoms with Crippen LogP contribution in [-0.4, -0.2) is 65.6 Å². The first-order valence-corrected chi connectivity index (χ1v) is 10.7. The second kappa shape index (κ2) is 11.8. The first-order chi connectivity index (χ1) is 14.2. The van der Waals surface area contributed by atoms with Gasteiger partial charge in [0.25, 0.3) is 0 Å². The predicted molar refractivity (Wildman–Crippen MR) is 121 cm³/mol. The minimum Gasteiger partial charge on any atom is -0.355 e. The Morgan fingerprint density at radius 2 is 1.72 bits per heavy atom. The maximum Gasteiger partial charge on any atom is 0.138 e. The van der Waals surface area contributed by atoms with Crippen LogP contribution in [0.3, 0.4) is 0 Å². The molecule has 0 saturated carbocycles. The largest absolute Gasteiger partial charge is 0.355 e. The summed E-state index contributed by atoms with van der Waals surface area (Å²) in [4.78, 5) is 12.9. The van der Waals surface area contributed by atoms with Gasteiger partial charge in [0.05, 0.1) is 5.02 Å². The minimum absolute atomic E-state index is 0.683. The average molecular weight is 415 g/mol. The number of imidazole rings is 1. The molecule has 29 heavy (non-hydrogen) atoms. The maximum absolute atomic E-state index is 5.48. The lowest BCUT2D eigenvalue weighted by molar-refractivity contribution is 0.312. The fourth-order valence-electron chi connectivity index (χ4n) is 3.37. The lowest BCUT2D eigenvalue weighted by Crippen LogP contribution is -2.45. The molecule has 2 aliphatic rings. The molecule has 2 fully saturated rings. The summed E-state index contributed by atoms with van der Waals surface area (Å²) in [6.45, 7) is 6.94. The second-order valence-corrected chi connectivity index (χ2v) is 7.75. The fourth-order valence-corrected chi connectivity index (χ4v) is 3.50. The van der Waals surface area contributed by atoms with Gasteiger partial charge in [-0.05, 0) is 57.2 Å². The van der Waals surface area contributed by atoms with Crippen molar-refractivity contribution in [3.05, 3.63) is 60.1 Å². The Kier molecular flexibility index (Phi) is 8.74. The number of piperazine rings is 1. The Morgan fingerprint density at radius 1 is 0.931 bits per heavy atom. The van der Waals surface area contributed by atoms with Crippen LogP contribution in [0.1, 0.15) is 19.3 Å². The lowest BCUT2D eigenvalue weighted by atomic mass is 10.2. The van der Waals surface area contributed by atoms with Crippen LogP contribution in [0.2, 0.25) is 5.02 Å². The van der Waals surface area contributed by atoms with Crippen LogP contribution in [0.5, 0.6) is 0 Å². The highest BCUT2D eigenvalue weighted by Crippen LogP contribution is 2.17. The highest BCUT2D eigenvalue weighted by molar-refractivity contribution is 6.30. The number of anilines is 1. The van der Waals surface area contributed by atoms with E-state index in [1.807, 2.05) is 18.5 Å². The molecule has 5 heterocycles. The highest BCUT2D eigenvalue weighted by Gasteiger charge is 2.15. The van der Waals surface area contributed by atoms with Crippen molar-refractivity contribution < 1.29 is 0 Å². The van der Waals surface area contributed by atoms with E-state index in [0.717, 1.165) is 31.8 Å². The number of halogens is 1. The van der Waals surface area contributed by atoms with Crippen LogP contribution in [0.25, 0.3) is 5.65 Å². The molecule has 156 valence electrons. The topological polar surface area (TPSA) is 48.7 Å². The van der Waals surface area contributed by atoms with Gasteiger partial charge >= 0.3 is 0 Å². The van der Waals surface area contributed by atoms with Crippen molar-refractivity contribution >= 4 is 23.1 Å². The molecule has 2 saturated heterocycles. The molecule has 0 bridgehead atoms. The standard InChI is InChI=1S/C12H16N4.C5H4ClN.C5H11N/c1-14-7-9-15(10-8-14)12-4-2-3-11-13-5-6-16(11)12;6-5-2-1-3-7-4-5;1-2-4-6-5-3-1/h2-6H,7-10H2,1H3;1-4H;6H,1-5H2. The summed E-state index contributed by atoms with van der Waals surface area (Å²) in [7, 11) is 2.18. The molecular weight excluding hydrogens is 384 g/mol. The van der Waals surface area contributed by atoms with Crippen LogP contribution >= 0.6 is 11.6 Å². The summed E-state index contributed by atoms with van der Waals surface area (Å²) in [6, 6.07) is 9.87. The van der Waals surface area contributed by atoms with Crippen molar-refractivity contribution in [1.82, 2.24) is 24.6 Å². The predicted octanol–water partition coefficient (Wildman–Crippen LogP) is 3.58. The molecule has 2 aliphatic heterocycles. The summed E-state index contributed by atoms with van der Waals surface area (Å²) in [6.07, 6.45) is 11.4. The van der Waals surface area contributed by atoms with E-state index in [2.05, 4.69) is 48.7 Å². The summed E-state index contributed by atoms with van der Waals surface area (Å²) < 4.78 is 2.16. The Labute approximate surface area is 178 Å². The first kappa shape index (κ1) is 21.6. The van der Waals surface area contributed by atoms with Gasteiger partial charge in [-0.2, -0.15) is 0 Å². The van der Waals surface area contributed by atoms with Gasteiger partial charge < -0.3 is 15.1 Å². The molecule has 1 N–H and O–H groups in total. The quantitative estimate of drug-likeness (QED) is 0.659. The zero-order valence-electron chi connectivity index (χ0n) is 17.2. The number of hydrogen-bond acceptors (Lipinski definition) is 5. The number of hydrogen-bond donors (Lipinski definition) is 1. The van der Waals surface area contributed by atoms with Gasteiger partial charge in [0.2, 0.25) is 0 Å². The monoisotopic (exact) mass is 414 g/mol. The third-order valence-electron chi connectivity index (χ3n) is 5.07. The number of nitrogens with one attached hydrogen (secondary N) is 1. The van der Waals surface area contributed by atoms with Gasteiger partial charge in [-0.25, -0.2) is 4.98 Å². The first-order valence-electron chi connectivity index (χ1n) is 10.4. The Hall–Kier alpha value is -2.15. The molecule has 0 radical (unpaired) electrons. The maximum atomic E-state index is 5.48. The zero-order chi connectivity index (χ0) is 20.3. The molecule has 0 atom stereocenters. The van der Waals surface area contributed by atoms with E-state index in [-0.39, 0.29) is 0 Å². The molecular formula is C22H31ClN6. The third-order valence-corrected chi connectivity index (χ3v) is 5.29. The van der Waals surface area contributed by atoms with Crippen molar-refractivity contribution in [3.63, 3.8) is 0 Å². The van der Waals surface area contributed by atoms with E-state index in [0.29, 0.717) is 5.02 Å². The average Bonchev–Trinajstić information content (AvgIpc) is 3.26. The molecule has 0 aliphatic carbocycles. The van der Waals surface area contributed by atoms with Gasteiger partial charge in [-0.3, -0.25) is 9.38 Å². The van der Waals surface area contributed by atoms with E-state index < -0.39 is 0 Å². The number of nitrogens with zero attached hydrogens (tertiary/aromatic N) is 5. The van der Waals surface area contributed by atoms with Crippen LogP contribution in [0.15, 0.2) is 55.1 Å². The normalized spacial score (nSPS) is 17.1. The van der Waals surface area contributed by atoms with Gasteiger partial charge in [-0.1, -0.05) is 24.1 Å². The second-order valence-electron chi connectivity index (χ2n) is 7.31. The van der Waals surface area contributed by atoms with Gasteiger partial charge in [-0.15, -0.1) is 0 Å². The number of pyridine rings is 2. The Bertz CT molecular complexity index is 814. The van der Waals surface area contributed by atoms with E-state index >= 15 is 0 Å². The summed E-state index contributed by atoms with van der Waals surface area (Å²) in [5.41, 5.74) is 1.02. The summed E-state index contributed by atoms with van der Waals surface area (Å²) in [5, 5.41) is 3.97. The molecule has 7 heteroatoms. The molecule has 0 unspecified atom stereocenters. The number of fused-ring (bicyclic) bond motifs is 1. The SMILES string of the molecule is C1CCNCC1.CN1CCN(c2cccc3nccn23)CC1.Clc1cccnc1. The van der Waals surface area contributed by atoms with E-state index in [1.54, 1.807) is 24.5 Å². The Balaban J connectivity index is 0.000000152. The molecule has 6 nitrogen and oxygen atoms in total. The summed E-state index contributed by atoms with van der Waals surface area (Å²) >= 11 is 5.48. The van der Waals surface area contributed by atoms with Crippen LogP contribution < -0.4 is 10.2 Å². The molecule has 3 aromatic heterocycles. The zero-order valence-corrected chi connectivity index (χ0v) is 17.9. The van der Waals surface area contributed by atoms with E-state index in [1.165, 1.54) is 38.2 Å². The lowest BCUT2D eigenvalue weighted by Gasteiger charge is -2.34. The minimum atomic E-state index is 0.683.